The maximum Gasteiger partial charge on any atom is 0.302 e. The van der Waals surface area contributed by atoms with E-state index in [4.69, 9.17) is 4.74 Å². The Bertz CT molecular complexity index is 410. The molecule has 2 saturated carbocycles. The summed E-state index contributed by atoms with van der Waals surface area (Å²) in [5.41, 5.74) is -0.716. The molecule has 0 N–H and O–H groups in total. The molecule has 0 aliphatic heterocycles. The van der Waals surface area contributed by atoms with Crippen LogP contribution >= 0.6 is 0 Å². The SMILES string of the molecule is CC(=O)OC1CC2C(=O)C(=O)CC1(C)C2(C)C. The number of hydrogen-bond donors (Lipinski definition) is 0. The van der Waals surface area contributed by atoms with Gasteiger partial charge in [0.2, 0.25) is 5.78 Å². The summed E-state index contributed by atoms with van der Waals surface area (Å²) in [7, 11) is 0. The first kappa shape index (κ1) is 12.3. The molecular formula is C13H18O4. The van der Waals surface area contributed by atoms with Gasteiger partial charge in [0.1, 0.15) is 6.10 Å². The fourth-order valence-corrected chi connectivity index (χ4v) is 3.35. The molecule has 94 valence electrons. The maximum absolute atomic E-state index is 11.9. The van der Waals surface area contributed by atoms with Crippen molar-refractivity contribution in [2.75, 3.05) is 0 Å². The maximum atomic E-state index is 11.9. The molecule has 0 aromatic carbocycles. The van der Waals surface area contributed by atoms with Crippen LogP contribution in [0.25, 0.3) is 0 Å². The predicted molar refractivity (Wildman–Crippen MR) is 60.2 cm³/mol. The second kappa shape index (κ2) is 3.40. The summed E-state index contributed by atoms with van der Waals surface area (Å²) in [4.78, 5) is 34.7. The van der Waals surface area contributed by atoms with E-state index in [0.717, 1.165) is 0 Å². The van der Waals surface area contributed by atoms with Crippen molar-refractivity contribution in [1.29, 1.82) is 0 Å². The number of carbonyl (C=O) groups is 3. The number of esters is 1. The topological polar surface area (TPSA) is 60.4 Å². The van der Waals surface area contributed by atoms with E-state index < -0.39 is 5.41 Å². The van der Waals surface area contributed by atoms with Crippen molar-refractivity contribution in [1.82, 2.24) is 0 Å². The van der Waals surface area contributed by atoms with E-state index in [9.17, 15) is 14.4 Å². The third-order valence-corrected chi connectivity index (χ3v) is 4.93. The fraction of sp³-hybridized carbons (Fsp3) is 0.769. The van der Waals surface area contributed by atoms with E-state index >= 15 is 0 Å². The van der Waals surface area contributed by atoms with Gasteiger partial charge in [0.25, 0.3) is 0 Å². The lowest BCUT2D eigenvalue weighted by molar-refractivity contribution is -0.159. The van der Waals surface area contributed by atoms with Crippen molar-refractivity contribution >= 4 is 17.5 Å². The molecule has 3 atom stereocenters. The minimum atomic E-state index is -0.422. The smallest absolute Gasteiger partial charge is 0.302 e. The Kier molecular flexibility index (Phi) is 2.46. The molecule has 2 fully saturated rings. The Morgan fingerprint density at radius 1 is 1.29 bits per heavy atom. The number of rotatable bonds is 1. The lowest BCUT2D eigenvalue weighted by atomic mass is 9.58. The van der Waals surface area contributed by atoms with Gasteiger partial charge in [-0.1, -0.05) is 20.8 Å². The third kappa shape index (κ3) is 1.46. The summed E-state index contributed by atoms with van der Waals surface area (Å²) in [6.07, 6.45) is 0.344. The van der Waals surface area contributed by atoms with Gasteiger partial charge in [-0.3, -0.25) is 14.4 Å². The van der Waals surface area contributed by atoms with Crippen molar-refractivity contribution < 1.29 is 19.1 Å². The molecular weight excluding hydrogens is 220 g/mol. The summed E-state index contributed by atoms with van der Waals surface area (Å²) in [5.74, 6) is -1.26. The largest absolute Gasteiger partial charge is 0.462 e. The molecule has 2 aliphatic carbocycles. The van der Waals surface area contributed by atoms with E-state index in [1.54, 1.807) is 0 Å². The summed E-state index contributed by atoms with van der Waals surface area (Å²) in [6, 6.07) is 0. The molecule has 4 nitrogen and oxygen atoms in total. The molecule has 0 aromatic rings. The molecule has 2 aliphatic rings. The molecule has 0 saturated heterocycles. The van der Waals surface area contributed by atoms with Crippen LogP contribution in [0, 0.1) is 16.7 Å². The van der Waals surface area contributed by atoms with Crippen molar-refractivity contribution in [3.8, 4) is 0 Å². The predicted octanol–water partition coefficient (Wildman–Crippen LogP) is 1.51. The minimum absolute atomic E-state index is 0.188. The standard InChI is InChI=1S/C13H18O4/c1-7(14)17-10-5-8-11(16)9(15)6-13(10,4)12(8,2)3/h8,10H,5-6H2,1-4H3. The number of fused-ring (bicyclic) bond motifs is 2. The molecule has 0 amide bonds. The normalized spacial score (nSPS) is 39.3. The second-order valence-corrected chi connectivity index (χ2v) is 5.99. The van der Waals surface area contributed by atoms with Gasteiger partial charge in [0.15, 0.2) is 5.78 Å². The van der Waals surface area contributed by atoms with Gasteiger partial charge in [-0.2, -0.15) is 0 Å². The molecule has 2 rings (SSSR count). The Hall–Kier alpha value is -1.19. The summed E-state index contributed by atoms with van der Waals surface area (Å²) < 4.78 is 5.32. The molecule has 0 heterocycles. The van der Waals surface area contributed by atoms with Gasteiger partial charge in [0.05, 0.1) is 0 Å². The highest BCUT2D eigenvalue weighted by atomic mass is 16.5. The molecule has 3 unspecified atom stereocenters. The fourth-order valence-electron chi connectivity index (χ4n) is 3.35. The van der Waals surface area contributed by atoms with Crippen LogP contribution in [0.2, 0.25) is 0 Å². The van der Waals surface area contributed by atoms with Crippen molar-refractivity contribution in [2.24, 2.45) is 16.7 Å². The molecule has 0 radical (unpaired) electrons. The van der Waals surface area contributed by atoms with Gasteiger partial charge < -0.3 is 4.74 Å². The zero-order chi connectivity index (χ0) is 13.0. The second-order valence-electron chi connectivity index (χ2n) is 5.99. The average Bonchev–Trinajstić information content (AvgIpc) is 2.29. The van der Waals surface area contributed by atoms with Crippen LogP contribution in [0.4, 0.5) is 0 Å². The number of ketones is 2. The van der Waals surface area contributed by atoms with E-state index in [1.165, 1.54) is 6.92 Å². The van der Waals surface area contributed by atoms with Crippen LogP contribution in [-0.4, -0.2) is 23.6 Å². The van der Waals surface area contributed by atoms with Gasteiger partial charge in [-0.25, -0.2) is 0 Å². The van der Waals surface area contributed by atoms with Crippen LogP contribution in [0.5, 0.6) is 0 Å². The first-order valence-corrected chi connectivity index (χ1v) is 5.94. The molecule has 17 heavy (non-hydrogen) atoms. The summed E-state index contributed by atoms with van der Waals surface area (Å²) in [5, 5.41) is 0. The highest BCUT2D eigenvalue weighted by molar-refractivity contribution is 6.39. The lowest BCUT2D eigenvalue weighted by Crippen LogP contribution is -2.49. The zero-order valence-corrected chi connectivity index (χ0v) is 10.7. The van der Waals surface area contributed by atoms with Gasteiger partial charge >= 0.3 is 5.97 Å². The van der Waals surface area contributed by atoms with Crippen LogP contribution < -0.4 is 0 Å². The van der Waals surface area contributed by atoms with Crippen LogP contribution in [0.15, 0.2) is 0 Å². The van der Waals surface area contributed by atoms with E-state index in [0.29, 0.717) is 6.42 Å². The summed E-state index contributed by atoms with van der Waals surface area (Å²) >= 11 is 0. The number of hydrogen-bond acceptors (Lipinski definition) is 4. The molecule has 4 heteroatoms. The number of ether oxygens (including phenoxy) is 1. The van der Waals surface area contributed by atoms with E-state index in [1.807, 2.05) is 20.8 Å². The third-order valence-electron chi connectivity index (χ3n) is 4.93. The van der Waals surface area contributed by atoms with Crippen molar-refractivity contribution in [3.05, 3.63) is 0 Å². The quantitative estimate of drug-likeness (QED) is 0.513. The Labute approximate surface area is 101 Å². The molecule has 0 aromatic heterocycles. The average molecular weight is 238 g/mol. The van der Waals surface area contributed by atoms with Crippen LogP contribution in [0.1, 0.15) is 40.5 Å². The highest BCUT2D eigenvalue weighted by Gasteiger charge is 2.65. The van der Waals surface area contributed by atoms with Crippen molar-refractivity contribution in [2.45, 2.75) is 46.6 Å². The lowest BCUT2D eigenvalue weighted by Gasteiger charge is -2.45. The molecule has 2 bridgehead atoms. The molecule has 0 spiro atoms. The Morgan fingerprint density at radius 3 is 2.41 bits per heavy atom. The van der Waals surface area contributed by atoms with Crippen molar-refractivity contribution in [3.63, 3.8) is 0 Å². The number of Topliss-reactive ketones (excluding diaryl/α,β-unsaturated/α-hetero) is 2. The zero-order valence-electron chi connectivity index (χ0n) is 10.7. The van der Waals surface area contributed by atoms with Crippen LogP contribution in [-0.2, 0) is 19.1 Å². The first-order chi connectivity index (χ1) is 7.70. The van der Waals surface area contributed by atoms with Crippen LogP contribution in [0.3, 0.4) is 0 Å². The van der Waals surface area contributed by atoms with Gasteiger partial charge in [-0.15, -0.1) is 0 Å². The monoisotopic (exact) mass is 238 g/mol. The van der Waals surface area contributed by atoms with Gasteiger partial charge in [0, 0.05) is 24.7 Å². The van der Waals surface area contributed by atoms with Gasteiger partial charge in [-0.05, 0) is 11.8 Å². The Morgan fingerprint density at radius 2 is 1.88 bits per heavy atom. The van der Waals surface area contributed by atoms with E-state index in [2.05, 4.69) is 0 Å². The van der Waals surface area contributed by atoms with E-state index in [-0.39, 0.29) is 41.4 Å². The minimum Gasteiger partial charge on any atom is -0.462 e. The number of carbonyl (C=O) groups excluding carboxylic acids is 3. The highest BCUT2D eigenvalue weighted by Crippen LogP contribution is 2.61. The Balaban J connectivity index is 2.42. The summed E-state index contributed by atoms with van der Waals surface area (Å²) in [6.45, 7) is 7.30. The first-order valence-electron chi connectivity index (χ1n) is 5.94.